The first kappa shape index (κ1) is 21.8. The van der Waals surface area contributed by atoms with Crippen LogP contribution in [-0.2, 0) is 0 Å². The van der Waals surface area contributed by atoms with E-state index in [-0.39, 0.29) is 22.8 Å². The number of pyridine rings is 2. The molecule has 1 atom stereocenters. The maximum Gasteiger partial charge on any atom is 0.320 e. The summed E-state index contributed by atoms with van der Waals surface area (Å²) in [6.45, 7) is 1.23. The monoisotopic (exact) mass is 426 g/mol. The van der Waals surface area contributed by atoms with Gasteiger partial charge in [0.15, 0.2) is 0 Å². The van der Waals surface area contributed by atoms with Crippen LogP contribution in [0.3, 0.4) is 0 Å². The molecular formula is C21H20F2N6O2. The van der Waals surface area contributed by atoms with Crippen molar-refractivity contribution in [3.05, 3.63) is 82.8 Å². The van der Waals surface area contributed by atoms with Crippen molar-refractivity contribution < 1.29 is 18.7 Å². The number of aliphatic hydroxyl groups excluding tert-OH is 1. The quantitative estimate of drug-likeness (QED) is 0.386. The Bertz CT molecular complexity index is 1120. The van der Waals surface area contributed by atoms with Crippen LogP contribution in [0.5, 0.6) is 0 Å². The Morgan fingerprint density at radius 1 is 1.19 bits per heavy atom. The van der Waals surface area contributed by atoms with E-state index in [0.29, 0.717) is 17.2 Å². The van der Waals surface area contributed by atoms with Gasteiger partial charge in [-0.05, 0) is 36.8 Å². The minimum Gasteiger partial charge on any atom is -0.398 e. The van der Waals surface area contributed by atoms with Crippen molar-refractivity contribution in [3.63, 3.8) is 0 Å². The summed E-state index contributed by atoms with van der Waals surface area (Å²) in [6.07, 6.45) is 2.94. The van der Waals surface area contributed by atoms with E-state index in [4.69, 9.17) is 11.1 Å². The molecule has 31 heavy (non-hydrogen) atoms. The van der Waals surface area contributed by atoms with E-state index in [0.717, 1.165) is 17.8 Å². The van der Waals surface area contributed by atoms with Crippen LogP contribution >= 0.6 is 0 Å². The molecule has 0 bridgehead atoms. The second kappa shape index (κ2) is 9.26. The summed E-state index contributed by atoms with van der Waals surface area (Å²) in [5, 5.41) is 22.7. The summed E-state index contributed by atoms with van der Waals surface area (Å²) < 4.78 is 26.8. The smallest absolute Gasteiger partial charge is 0.320 e. The lowest BCUT2D eigenvalue weighted by Gasteiger charge is -2.17. The first-order valence-electron chi connectivity index (χ1n) is 9.18. The molecule has 0 aliphatic heterocycles. The fourth-order valence-electron chi connectivity index (χ4n) is 2.93. The Balaban J connectivity index is 1.71. The van der Waals surface area contributed by atoms with Gasteiger partial charge >= 0.3 is 6.03 Å². The van der Waals surface area contributed by atoms with Gasteiger partial charge in [0.05, 0.1) is 18.4 Å². The van der Waals surface area contributed by atoms with Gasteiger partial charge in [-0.3, -0.25) is 15.7 Å². The highest BCUT2D eigenvalue weighted by Crippen LogP contribution is 2.20. The molecule has 160 valence electrons. The lowest BCUT2D eigenvalue weighted by atomic mass is 10.0. The molecule has 10 heteroatoms. The summed E-state index contributed by atoms with van der Waals surface area (Å²) >= 11 is 0. The van der Waals surface area contributed by atoms with Gasteiger partial charge in [0.2, 0.25) is 0 Å². The number of hydrogen-bond acceptors (Lipinski definition) is 6. The zero-order valence-electron chi connectivity index (χ0n) is 16.5. The largest absolute Gasteiger partial charge is 0.398 e. The molecule has 0 saturated carbocycles. The van der Waals surface area contributed by atoms with E-state index in [1.54, 1.807) is 18.3 Å². The summed E-state index contributed by atoms with van der Waals surface area (Å²) in [7, 11) is 0. The number of aromatic nitrogens is 2. The first-order chi connectivity index (χ1) is 14.8. The van der Waals surface area contributed by atoms with E-state index in [1.165, 1.54) is 12.3 Å². The minimum absolute atomic E-state index is 0.0686. The highest BCUT2D eigenvalue weighted by atomic mass is 19.1. The molecule has 2 heterocycles. The van der Waals surface area contributed by atoms with Gasteiger partial charge in [-0.2, -0.15) is 0 Å². The lowest BCUT2D eigenvalue weighted by Crippen LogP contribution is -2.34. The van der Waals surface area contributed by atoms with Crippen LogP contribution in [0.25, 0.3) is 0 Å². The number of nitrogens with zero attached hydrogens (tertiary/aromatic N) is 2. The molecule has 8 nitrogen and oxygen atoms in total. The predicted molar refractivity (Wildman–Crippen MR) is 112 cm³/mol. The Morgan fingerprint density at radius 2 is 1.90 bits per heavy atom. The molecule has 0 aliphatic rings. The molecule has 3 rings (SSSR count). The van der Waals surface area contributed by atoms with Crippen LogP contribution in [0, 0.1) is 24.0 Å². The number of hydrogen-bond donors (Lipinski definition) is 5. The van der Waals surface area contributed by atoms with Crippen molar-refractivity contribution >= 4 is 23.2 Å². The van der Waals surface area contributed by atoms with Crippen LogP contribution < -0.4 is 16.4 Å². The predicted octanol–water partition coefficient (Wildman–Crippen LogP) is 2.92. The van der Waals surface area contributed by atoms with Crippen molar-refractivity contribution in [3.8, 4) is 0 Å². The molecule has 0 saturated heterocycles. The van der Waals surface area contributed by atoms with Crippen LogP contribution in [-0.4, -0.2) is 33.4 Å². The number of anilines is 2. The maximum atomic E-state index is 13.4. The summed E-state index contributed by atoms with van der Waals surface area (Å²) in [5.74, 6) is -1.56. The molecule has 1 aromatic carbocycles. The van der Waals surface area contributed by atoms with Crippen LogP contribution in [0.4, 0.5) is 25.1 Å². The normalized spacial score (nSPS) is 11.6. The second-order valence-electron chi connectivity index (χ2n) is 6.75. The number of aryl methyl sites for hydroxylation is 1. The molecule has 2 aromatic heterocycles. The summed E-state index contributed by atoms with van der Waals surface area (Å²) in [5.41, 5.74) is 8.22. The van der Waals surface area contributed by atoms with Gasteiger partial charge < -0.3 is 16.2 Å². The Kier molecular flexibility index (Phi) is 6.51. The number of nitrogens with two attached hydrogens (primary N) is 1. The van der Waals surface area contributed by atoms with E-state index in [2.05, 4.69) is 20.6 Å². The molecule has 6 N–H and O–H groups in total. The van der Waals surface area contributed by atoms with Crippen molar-refractivity contribution in [1.29, 1.82) is 5.41 Å². The molecule has 0 fully saturated rings. The Hall–Kier alpha value is -3.92. The molecule has 0 aliphatic carbocycles. The number of rotatable bonds is 6. The van der Waals surface area contributed by atoms with Gasteiger partial charge in [0.1, 0.15) is 17.5 Å². The fourth-order valence-corrected chi connectivity index (χ4v) is 2.93. The number of nitrogen functional groups attached to an aromatic ring is 1. The maximum absolute atomic E-state index is 13.4. The summed E-state index contributed by atoms with van der Waals surface area (Å²) in [6, 6.07) is 5.73. The zero-order chi connectivity index (χ0) is 22.5. The van der Waals surface area contributed by atoms with Crippen molar-refractivity contribution in [2.24, 2.45) is 0 Å². The fraction of sp³-hybridized carbons (Fsp3) is 0.143. The van der Waals surface area contributed by atoms with Gasteiger partial charge in [-0.15, -0.1) is 0 Å². The van der Waals surface area contributed by atoms with E-state index >= 15 is 0 Å². The van der Waals surface area contributed by atoms with E-state index in [1.807, 2.05) is 6.92 Å². The van der Waals surface area contributed by atoms with Gasteiger partial charge in [0.25, 0.3) is 0 Å². The number of nitrogens with one attached hydrogen (secondary N) is 3. The third kappa shape index (κ3) is 5.37. The number of amides is 2. The number of aliphatic hydroxyl groups is 1. The molecule has 0 spiro atoms. The van der Waals surface area contributed by atoms with Gasteiger partial charge in [-0.1, -0.05) is 0 Å². The van der Waals surface area contributed by atoms with Crippen molar-refractivity contribution in [1.82, 2.24) is 15.3 Å². The molecular weight excluding hydrogens is 406 g/mol. The standard InChI is InChI=1S/C21H20F2N6O2/c1-11-4-12(2-3-26-11)20(25)16-9-27-19(8-17(16)24)29-21(31)28-18(10-30)13-5-14(22)7-15(23)6-13/h2-9,18,25,30H,10H2,1H3,(H4,24,27,28,29,31). The Labute approximate surface area is 176 Å². The number of urea groups is 1. The van der Waals surface area contributed by atoms with Gasteiger partial charge in [-0.25, -0.2) is 18.6 Å². The molecule has 2 amide bonds. The van der Waals surface area contributed by atoms with Crippen LogP contribution in [0.2, 0.25) is 0 Å². The number of carbonyl (C=O) groups is 1. The third-order valence-electron chi connectivity index (χ3n) is 4.41. The third-order valence-corrected chi connectivity index (χ3v) is 4.41. The number of carbonyl (C=O) groups excluding carboxylic acids is 1. The van der Waals surface area contributed by atoms with Crippen molar-refractivity contribution in [2.75, 3.05) is 17.7 Å². The molecule has 1 unspecified atom stereocenters. The number of benzene rings is 1. The molecule has 0 radical (unpaired) electrons. The zero-order valence-corrected chi connectivity index (χ0v) is 16.5. The van der Waals surface area contributed by atoms with E-state index < -0.39 is 30.3 Å². The first-order valence-corrected chi connectivity index (χ1v) is 9.18. The topological polar surface area (TPSA) is 137 Å². The van der Waals surface area contributed by atoms with Gasteiger partial charge in [0, 0.05) is 47.0 Å². The van der Waals surface area contributed by atoms with Crippen LogP contribution in [0.15, 0.2) is 48.8 Å². The minimum atomic E-state index is -1.04. The van der Waals surface area contributed by atoms with Crippen molar-refractivity contribution in [2.45, 2.75) is 13.0 Å². The highest BCUT2D eigenvalue weighted by Gasteiger charge is 2.17. The SMILES string of the molecule is Cc1cc(C(=N)c2cnc(NC(=O)NC(CO)c3cc(F)cc(F)c3)cc2N)ccn1. The number of halogens is 2. The van der Waals surface area contributed by atoms with Crippen LogP contribution in [0.1, 0.15) is 28.4 Å². The van der Waals surface area contributed by atoms with E-state index in [9.17, 15) is 18.7 Å². The average Bonchev–Trinajstić information content (AvgIpc) is 2.71. The molecule has 3 aromatic rings. The Morgan fingerprint density at radius 3 is 2.52 bits per heavy atom. The summed E-state index contributed by atoms with van der Waals surface area (Å²) in [4.78, 5) is 20.4. The lowest BCUT2D eigenvalue weighted by molar-refractivity contribution is 0.225. The highest BCUT2D eigenvalue weighted by molar-refractivity contribution is 6.13. The average molecular weight is 426 g/mol. The second-order valence-corrected chi connectivity index (χ2v) is 6.75.